The molecule has 0 amide bonds. The number of hydrogen-bond donors (Lipinski definition) is 3. The Bertz CT molecular complexity index is 1600. The molecule has 1 atom stereocenters. The maximum atomic E-state index is 13.0. The minimum Gasteiger partial charge on any atom is -0.477 e. The number of carboxylic acids is 1. The van der Waals surface area contributed by atoms with Crippen molar-refractivity contribution in [3.63, 3.8) is 0 Å². The number of thiophene rings is 1. The van der Waals surface area contributed by atoms with Gasteiger partial charge in [-0.3, -0.25) is 4.57 Å². The van der Waals surface area contributed by atoms with E-state index in [1.165, 1.54) is 24.3 Å². The number of halogens is 2. The Kier molecular flexibility index (Phi) is 6.13. The molecule has 0 saturated carbocycles. The zero-order valence-electron chi connectivity index (χ0n) is 17.6. The number of rotatable bonds is 6. The molecular formula is C23H15Cl2N4O4PS. The van der Waals surface area contributed by atoms with Crippen LogP contribution in [0, 0.1) is 0 Å². The van der Waals surface area contributed by atoms with Gasteiger partial charge in [0.15, 0.2) is 5.65 Å². The number of aromatic carboxylic acids is 1. The molecule has 2 aromatic carbocycles. The SMILES string of the molecule is O=C(O)c1sc(-c2ccc(-c3cc4ncccn4n3)cc2)cc1NP(=O)(O)c1ccc(Cl)cc1Cl. The second-order valence-electron chi connectivity index (χ2n) is 7.47. The van der Waals surface area contributed by atoms with Gasteiger partial charge in [0, 0.05) is 33.9 Å². The second kappa shape index (κ2) is 9.11. The Morgan fingerprint density at radius 3 is 2.49 bits per heavy atom. The van der Waals surface area contributed by atoms with Gasteiger partial charge in [-0.05, 0) is 35.9 Å². The average Bonchev–Trinajstić information content (AvgIpc) is 3.43. The van der Waals surface area contributed by atoms with E-state index in [4.69, 9.17) is 23.2 Å². The highest BCUT2D eigenvalue weighted by atomic mass is 35.5. The van der Waals surface area contributed by atoms with Crippen LogP contribution < -0.4 is 10.4 Å². The molecule has 0 saturated heterocycles. The van der Waals surface area contributed by atoms with E-state index in [1.807, 2.05) is 36.5 Å². The van der Waals surface area contributed by atoms with Gasteiger partial charge in [-0.25, -0.2) is 14.3 Å². The minimum absolute atomic E-state index is 0.000829. The fraction of sp³-hybridized carbons (Fsp3) is 0. The number of nitrogens with one attached hydrogen (secondary N) is 1. The number of hydrogen-bond acceptors (Lipinski definition) is 5. The van der Waals surface area contributed by atoms with Crippen LogP contribution in [0.5, 0.6) is 0 Å². The van der Waals surface area contributed by atoms with Crippen LogP contribution >= 0.6 is 42.1 Å². The third-order valence-corrected chi connectivity index (χ3v) is 8.57. The molecule has 0 fully saturated rings. The van der Waals surface area contributed by atoms with Crippen molar-refractivity contribution >= 4 is 64.7 Å². The first-order valence-electron chi connectivity index (χ1n) is 10.1. The van der Waals surface area contributed by atoms with Gasteiger partial charge in [0.1, 0.15) is 4.88 Å². The highest BCUT2D eigenvalue weighted by molar-refractivity contribution is 7.67. The van der Waals surface area contributed by atoms with Crippen LogP contribution in [0.25, 0.3) is 27.3 Å². The van der Waals surface area contributed by atoms with E-state index in [1.54, 1.807) is 16.8 Å². The Hall–Kier alpha value is -3.20. The topological polar surface area (TPSA) is 117 Å². The minimum atomic E-state index is -4.25. The second-order valence-corrected chi connectivity index (χ2v) is 11.2. The van der Waals surface area contributed by atoms with E-state index >= 15 is 0 Å². The number of fused-ring (bicyclic) bond motifs is 1. The fourth-order valence-electron chi connectivity index (χ4n) is 3.50. The van der Waals surface area contributed by atoms with Gasteiger partial charge in [-0.15, -0.1) is 11.3 Å². The molecule has 0 aliphatic heterocycles. The van der Waals surface area contributed by atoms with Crippen LogP contribution in [0.3, 0.4) is 0 Å². The summed E-state index contributed by atoms with van der Waals surface area (Å²) in [5.74, 6) is -1.22. The lowest BCUT2D eigenvalue weighted by Gasteiger charge is -2.15. The van der Waals surface area contributed by atoms with Crippen LogP contribution in [0.1, 0.15) is 9.67 Å². The molecule has 3 N–H and O–H groups in total. The van der Waals surface area contributed by atoms with E-state index in [0.29, 0.717) is 9.90 Å². The van der Waals surface area contributed by atoms with E-state index in [0.717, 1.165) is 33.8 Å². The van der Waals surface area contributed by atoms with Gasteiger partial charge in [0.05, 0.1) is 21.7 Å². The molecule has 8 nitrogen and oxygen atoms in total. The normalized spacial score (nSPS) is 13.0. The maximum Gasteiger partial charge on any atom is 0.348 e. The van der Waals surface area contributed by atoms with E-state index in [-0.39, 0.29) is 20.9 Å². The molecule has 1 unspecified atom stereocenters. The zero-order valence-corrected chi connectivity index (χ0v) is 20.8. The summed E-state index contributed by atoms with van der Waals surface area (Å²) in [6.45, 7) is 0. The van der Waals surface area contributed by atoms with Crippen molar-refractivity contribution in [2.24, 2.45) is 0 Å². The molecular weight excluding hydrogens is 530 g/mol. The fourth-order valence-corrected chi connectivity index (χ4v) is 6.54. The van der Waals surface area contributed by atoms with Gasteiger partial charge in [-0.1, -0.05) is 47.5 Å². The molecule has 12 heteroatoms. The predicted octanol–water partition coefficient (Wildman–Crippen LogP) is 6.05. The Morgan fingerprint density at radius 2 is 1.80 bits per heavy atom. The molecule has 0 spiro atoms. The van der Waals surface area contributed by atoms with Gasteiger partial charge in [0.2, 0.25) is 0 Å². The van der Waals surface area contributed by atoms with Crippen LogP contribution in [0.4, 0.5) is 5.69 Å². The van der Waals surface area contributed by atoms with Crippen molar-refractivity contribution in [3.05, 3.63) is 88.0 Å². The Balaban J connectivity index is 1.46. The van der Waals surface area contributed by atoms with Crippen molar-refractivity contribution < 1.29 is 19.4 Å². The summed E-state index contributed by atoms with van der Waals surface area (Å²) in [5, 5.41) is 16.9. The molecule has 0 bridgehead atoms. The number of benzene rings is 2. The van der Waals surface area contributed by atoms with Crippen LogP contribution in [-0.4, -0.2) is 30.6 Å². The van der Waals surface area contributed by atoms with E-state index in [2.05, 4.69) is 15.2 Å². The molecule has 176 valence electrons. The molecule has 35 heavy (non-hydrogen) atoms. The summed E-state index contributed by atoms with van der Waals surface area (Å²) >= 11 is 13.0. The number of nitrogens with zero attached hydrogens (tertiary/aromatic N) is 3. The molecule has 0 radical (unpaired) electrons. The lowest BCUT2D eigenvalue weighted by atomic mass is 10.1. The van der Waals surface area contributed by atoms with Crippen molar-refractivity contribution in [1.29, 1.82) is 0 Å². The van der Waals surface area contributed by atoms with Gasteiger partial charge >= 0.3 is 13.5 Å². The van der Waals surface area contributed by atoms with Crippen LogP contribution in [0.15, 0.2) is 73.1 Å². The number of carboxylic acid groups (broad SMARTS) is 1. The lowest BCUT2D eigenvalue weighted by molar-refractivity contribution is 0.0703. The first kappa shape index (κ1) is 23.5. The molecule has 5 aromatic rings. The summed E-state index contributed by atoms with van der Waals surface area (Å²) in [4.78, 5) is 27.3. The Labute approximate surface area is 212 Å². The maximum absolute atomic E-state index is 13.0. The molecule has 3 heterocycles. The molecule has 5 rings (SSSR count). The third-order valence-electron chi connectivity index (χ3n) is 5.14. The first-order chi connectivity index (χ1) is 16.7. The summed E-state index contributed by atoms with van der Waals surface area (Å²) in [7, 11) is -4.25. The summed E-state index contributed by atoms with van der Waals surface area (Å²) in [6, 6.07) is 16.7. The van der Waals surface area contributed by atoms with Gasteiger partial charge < -0.3 is 15.1 Å². The summed E-state index contributed by atoms with van der Waals surface area (Å²) in [6.07, 6.45) is 3.50. The van der Waals surface area contributed by atoms with Crippen molar-refractivity contribution in [1.82, 2.24) is 14.6 Å². The van der Waals surface area contributed by atoms with Crippen LogP contribution in [-0.2, 0) is 4.57 Å². The van der Waals surface area contributed by atoms with Gasteiger partial charge in [-0.2, -0.15) is 5.10 Å². The predicted molar refractivity (Wildman–Crippen MR) is 138 cm³/mol. The average molecular weight is 545 g/mol. The Morgan fingerprint density at radius 1 is 1.06 bits per heavy atom. The molecule has 0 aliphatic carbocycles. The lowest BCUT2D eigenvalue weighted by Crippen LogP contribution is -2.13. The van der Waals surface area contributed by atoms with Crippen LogP contribution in [0.2, 0.25) is 10.0 Å². The molecule has 0 aliphatic rings. The standard InChI is InChI=1S/C23H15Cl2N4O4PS/c24-15-6-7-19(16(25)10-15)34(32,33)28-18-11-20(35-22(18)23(30)31)14-4-2-13(3-5-14)17-12-21-26-8-1-9-29(21)27-17/h1-12H,(H,30,31)(H2,28,32,33). The first-order valence-corrected chi connectivity index (χ1v) is 13.3. The zero-order chi connectivity index (χ0) is 24.7. The van der Waals surface area contributed by atoms with E-state index in [9.17, 15) is 19.4 Å². The van der Waals surface area contributed by atoms with E-state index < -0.39 is 13.5 Å². The highest BCUT2D eigenvalue weighted by Crippen LogP contribution is 2.46. The largest absolute Gasteiger partial charge is 0.477 e. The third kappa shape index (κ3) is 4.69. The molecule has 3 aromatic heterocycles. The number of anilines is 1. The van der Waals surface area contributed by atoms with Crippen molar-refractivity contribution in [2.75, 3.05) is 5.09 Å². The van der Waals surface area contributed by atoms with Gasteiger partial charge in [0.25, 0.3) is 0 Å². The number of aromatic nitrogens is 3. The monoisotopic (exact) mass is 544 g/mol. The quantitative estimate of drug-likeness (QED) is 0.222. The van der Waals surface area contributed by atoms with Crippen molar-refractivity contribution in [2.45, 2.75) is 0 Å². The summed E-state index contributed by atoms with van der Waals surface area (Å²) in [5.41, 5.74) is 3.10. The highest BCUT2D eigenvalue weighted by Gasteiger charge is 2.28. The van der Waals surface area contributed by atoms with Crippen molar-refractivity contribution in [3.8, 4) is 21.7 Å². The smallest absolute Gasteiger partial charge is 0.348 e. The number of carbonyl (C=O) groups is 1. The summed E-state index contributed by atoms with van der Waals surface area (Å²) < 4.78 is 14.7.